The molecule has 3 aliphatic rings. The van der Waals surface area contributed by atoms with Gasteiger partial charge in [0.05, 0.1) is 19.3 Å². The molecule has 24 heavy (non-hydrogen) atoms. The lowest BCUT2D eigenvalue weighted by atomic mass is 10.1. The van der Waals surface area contributed by atoms with E-state index in [0.717, 1.165) is 31.8 Å². The molecule has 0 spiro atoms. The number of rotatable bonds is 6. The fraction of sp³-hybridized carbons (Fsp3) is 0.812. The van der Waals surface area contributed by atoms with E-state index in [0.29, 0.717) is 44.7 Å². The number of carbonyl (C=O) groups excluding carboxylic acids is 1. The van der Waals surface area contributed by atoms with Crippen molar-refractivity contribution >= 4 is 5.91 Å². The summed E-state index contributed by atoms with van der Waals surface area (Å²) in [5, 5.41) is 3.97. The number of morpholine rings is 1. The molecule has 3 heterocycles. The van der Waals surface area contributed by atoms with E-state index in [4.69, 9.17) is 14.0 Å². The van der Waals surface area contributed by atoms with Crippen LogP contribution in [0.1, 0.15) is 37.4 Å². The molecule has 1 atom stereocenters. The van der Waals surface area contributed by atoms with Crippen LogP contribution in [0.2, 0.25) is 0 Å². The third-order valence-corrected chi connectivity index (χ3v) is 4.96. The van der Waals surface area contributed by atoms with Crippen molar-refractivity contribution in [3.63, 3.8) is 0 Å². The number of likely N-dealkylation sites (tertiary alicyclic amines) is 1. The van der Waals surface area contributed by atoms with Gasteiger partial charge in [-0.3, -0.25) is 9.69 Å². The third-order valence-electron chi connectivity index (χ3n) is 4.96. The van der Waals surface area contributed by atoms with Gasteiger partial charge in [-0.15, -0.1) is 0 Å². The smallest absolute Gasteiger partial charge is 0.252 e. The van der Waals surface area contributed by atoms with Crippen molar-refractivity contribution in [1.82, 2.24) is 19.9 Å². The number of hydrogen-bond donors (Lipinski definition) is 0. The molecule has 8 nitrogen and oxygen atoms in total. The second-order valence-corrected chi connectivity index (χ2v) is 6.72. The Morgan fingerprint density at radius 3 is 2.96 bits per heavy atom. The Labute approximate surface area is 141 Å². The normalized spacial score (nSPS) is 25.7. The van der Waals surface area contributed by atoms with Crippen LogP contribution in [-0.2, 0) is 20.9 Å². The molecule has 0 aromatic carbocycles. The summed E-state index contributed by atoms with van der Waals surface area (Å²) < 4.78 is 16.4. The van der Waals surface area contributed by atoms with Crippen molar-refractivity contribution in [2.45, 2.75) is 44.4 Å². The second-order valence-electron chi connectivity index (χ2n) is 6.72. The van der Waals surface area contributed by atoms with Gasteiger partial charge >= 0.3 is 0 Å². The molecule has 1 amide bonds. The average Bonchev–Trinajstić information content (AvgIpc) is 3.32. The lowest BCUT2D eigenvalue weighted by Gasteiger charge is -2.43. The van der Waals surface area contributed by atoms with E-state index in [9.17, 15) is 4.79 Å². The Kier molecular flexibility index (Phi) is 4.51. The molecule has 3 fully saturated rings. The van der Waals surface area contributed by atoms with Crippen molar-refractivity contribution in [2.24, 2.45) is 0 Å². The maximum absolute atomic E-state index is 12.6. The first-order valence-corrected chi connectivity index (χ1v) is 8.79. The summed E-state index contributed by atoms with van der Waals surface area (Å²) in [4.78, 5) is 20.9. The van der Waals surface area contributed by atoms with E-state index in [1.807, 2.05) is 4.90 Å². The summed E-state index contributed by atoms with van der Waals surface area (Å²) in [5.41, 5.74) is 0. The van der Waals surface area contributed by atoms with E-state index in [1.54, 1.807) is 0 Å². The largest absolute Gasteiger partial charge is 0.378 e. The molecule has 2 saturated heterocycles. The minimum atomic E-state index is -0.151. The van der Waals surface area contributed by atoms with Crippen LogP contribution in [0.25, 0.3) is 0 Å². The molecule has 1 unspecified atom stereocenters. The number of ether oxygens (including phenoxy) is 2. The van der Waals surface area contributed by atoms with Crippen LogP contribution in [0.15, 0.2) is 4.52 Å². The summed E-state index contributed by atoms with van der Waals surface area (Å²) in [6, 6.07) is -0.151. The summed E-state index contributed by atoms with van der Waals surface area (Å²) in [6.45, 7) is 6.52. The van der Waals surface area contributed by atoms with Gasteiger partial charge in [0, 0.05) is 25.6 Å². The average molecular weight is 336 g/mol. The van der Waals surface area contributed by atoms with Crippen molar-refractivity contribution in [2.75, 3.05) is 39.4 Å². The van der Waals surface area contributed by atoms with Gasteiger partial charge in [0.15, 0.2) is 5.82 Å². The Balaban J connectivity index is 1.21. The molecule has 8 heteroatoms. The number of carbonyl (C=O) groups is 1. The first-order chi connectivity index (χ1) is 11.7. The Morgan fingerprint density at radius 2 is 2.21 bits per heavy atom. The first-order valence-electron chi connectivity index (χ1n) is 8.79. The van der Waals surface area contributed by atoms with Gasteiger partial charge in [0.25, 0.3) is 5.89 Å². The van der Waals surface area contributed by atoms with Crippen LogP contribution in [0.5, 0.6) is 0 Å². The SMILES string of the molecule is CCN1CCOCC1C(=O)N1CC(OCc2nc(C3CC3)no2)C1. The Bertz CT molecular complexity index is 582. The number of nitrogens with zero attached hydrogens (tertiary/aromatic N) is 4. The Hall–Kier alpha value is -1.51. The van der Waals surface area contributed by atoms with E-state index in [1.165, 1.54) is 0 Å². The van der Waals surface area contributed by atoms with Gasteiger partial charge < -0.3 is 18.9 Å². The molecule has 1 aromatic heterocycles. The number of aromatic nitrogens is 2. The van der Waals surface area contributed by atoms with E-state index in [2.05, 4.69) is 22.0 Å². The number of hydrogen-bond acceptors (Lipinski definition) is 7. The number of likely N-dealkylation sites (N-methyl/N-ethyl adjacent to an activating group) is 1. The van der Waals surface area contributed by atoms with E-state index in [-0.39, 0.29) is 18.1 Å². The molecule has 0 radical (unpaired) electrons. The summed E-state index contributed by atoms with van der Waals surface area (Å²) in [7, 11) is 0. The lowest BCUT2D eigenvalue weighted by molar-refractivity contribution is -0.157. The molecule has 2 aliphatic heterocycles. The fourth-order valence-electron chi connectivity index (χ4n) is 3.20. The van der Waals surface area contributed by atoms with Crippen molar-refractivity contribution in [3.8, 4) is 0 Å². The summed E-state index contributed by atoms with van der Waals surface area (Å²) in [6.07, 6.45) is 2.35. The molecule has 1 saturated carbocycles. The monoisotopic (exact) mass is 336 g/mol. The molecule has 132 valence electrons. The predicted molar refractivity (Wildman–Crippen MR) is 83.3 cm³/mol. The van der Waals surface area contributed by atoms with Gasteiger partial charge in [-0.2, -0.15) is 4.98 Å². The van der Waals surface area contributed by atoms with Crippen LogP contribution >= 0.6 is 0 Å². The van der Waals surface area contributed by atoms with Crippen LogP contribution in [0, 0.1) is 0 Å². The molecular formula is C16H24N4O4. The standard InChI is InChI=1S/C16H24N4O4/c1-2-19-5-6-22-9-13(19)16(21)20-7-12(8-20)23-10-14-17-15(18-24-14)11-3-4-11/h11-13H,2-10H2,1H3. The van der Waals surface area contributed by atoms with Gasteiger partial charge in [0.2, 0.25) is 5.91 Å². The van der Waals surface area contributed by atoms with Crippen LogP contribution < -0.4 is 0 Å². The van der Waals surface area contributed by atoms with Crippen LogP contribution in [0.4, 0.5) is 0 Å². The molecule has 0 N–H and O–H groups in total. The van der Waals surface area contributed by atoms with E-state index < -0.39 is 0 Å². The third kappa shape index (κ3) is 3.31. The van der Waals surface area contributed by atoms with Gasteiger partial charge in [-0.05, 0) is 19.4 Å². The zero-order chi connectivity index (χ0) is 16.5. The molecular weight excluding hydrogens is 312 g/mol. The summed E-state index contributed by atoms with van der Waals surface area (Å²) in [5.74, 6) is 1.96. The zero-order valence-corrected chi connectivity index (χ0v) is 14.0. The molecule has 0 bridgehead atoms. The quantitative estimate of drug-likeness (QED) is 0.743. The topological polar surface area (TPSA) is 80.9 Å². The molecule has 1 aliphatic carbocycles. The van der Waals surface area contributed by atoms with Crippen LogP contribution in [0.3, 0.4) is 0 Å². The molecule has 1 aromatic rings. The van der Waals surface area contributed by atoms with Gasteiger partial charge in [-0.25, -0.2) is 0 Å². The second kappa shape index (κ2) is 6.78. The van der Waals surface area contributed by atoms with Gasteiger partial charge in [0.1, 0.15) is 12.6 Å². The maximum Gasteiger partial charge on any atom is 0.252 e. The fourth-order valence-corrected chi connectivity index (χ4v) is 3.20. The predicted octanol–water partition coefficient (Wildman–Crippen LogP) is 0.395. The highest BCUT2D eigenvalue weighted by molar-refractivity contribution is 5.83. The Morgan fingerprint density at radius 1 is 1.38 bits per heavy atom. The summed E-state index contributed by atoms with van der Waals surface area (Å²) >= 11 is 0. The highest BCUT2D eigenvalue weighted by atomic mass is 16.5. The first kappa shape index (κ1) is 16.0. The van der Waals surface area contributed by atoms with Crippen LogP contribution in [-0.4, -0.2) is 77.4 Å². The lowest BCUT2D eigenvalue weighted by Crippen LogP contribution is -2.62. The zero-order valence-electron chi connectivity index (χ0n) is 14.0. The highest BCUT2D eigenvalue weighted by Gasteiger charge is 2.38. The van der Waals surface area contributed by atoms with Crippen molar-refractivity contribution in [3.05, 3.63) is 11.7 Å². The van der Waals surface area contributed by atoms with Gasteiger partial charge in [-0.1, -0.05) is 12.1 Å². The minimum Gasteiger partial charge on any atom is -0.378 e. The van der Waals surface area contributed by atoms with Crippen molar-refractivity contribution in [1.29, 1.82) is 0 Å². The van der Waals surface area contributed by atoms with Crippen molar-refractivity contribution < 1.29 is 18.8 Å². The number of amides is 1. The highest BCUT2D eigenvalue weighted by Crippen LogP contribution is 2.38. The van der Waals surface area contributed by atoms with E-state index >= 15 is 0 Å². The molecule has 4 rings (SSSR count). The minimum absolute atomic E-state index is 0.0461. The maximum atomic E-state index is 12.6.